The molecule has 1 amide bonds. The van der Waals surface area contributed by atoms with Crippen LogP contribution in [0.25, 0.3) is 11.1 Å². The Hall–Kier alpha value is -3.25. The van der Waals surface area contributed by atoms with Gasteiger partial charge < -0.3 is 15.5 Å². The van der Waals surface area contributed by atoms with E-state index < -0.39 is 0 Å². The fourth-order valence-corrected chi connectivity index (χ4v) is 4.01. The minimum absolute atomic E-state index is 0.0265. The number of carbonyl (C=O) groups is 1. The molecule has 1 aliphatic heterocycles. The van der Waals surface area contributed by atoms with Gasteiger partial charge in [0.15, 0.2) is 0 Å². The van der Waals surface area contributed by atoms with E-state index in [9.17, 15) is 4.79 Å². The van der Waals surface area contributed by atoms with E-state index in [-0.39, 0.29) is 11.9 Å². The van der Waals surface area contributed by atoms with E-state index in [2.05, 4.69) is 15.6 Å². The van der Waals surface area contributed by atoms with Crippen molar-refractivity contribution in [3.63, 3.8) is 0 Å². The highest BCUT2D eigenvalue weighted by molar-refractivity contribution is 6.00. The summed E-state index contributed by atoms with van der Waals surface area (Å²) < 4.78 is 0. The Morgan fingerprint density at radius 3 is 2.61 bits per heavy atom. The van der Waals surface area contributed by atoms with Gasteiger partial charge in [-0.05, 0) is 36.6 Å². The molecule has 1 fully saturated rings. The minimum atomic E-state index is -0.0265. The molecule has 0 unspecified atom stereocenters. The van der Waals surface area contributed by atoms with Gasteiger partial charge in [-0.25, -0.2) is 9.97 Å². The Morgan fingerprint density at radius 1 is 1.10 bits per heavy atom. The number of aromatic nitrogens is 2. The molecule has 2 N–H and O–H groups in total. The number of hydrogen-bond donors (Lipinski definition) is 2. The third kappa shape index (κ3) is 4.91. The Morgan fingerprint density at radius 2 is 1.87 bits per heavy atom. The summed E-state index contributed by atoms with van der Waals surface area (Å²) in [6.07, 6.45) is 3.40. The first-order valence-corrected chi connectivity index (χ1v) is 10.8. The zero-order valence-corrected chi connectivity index (χ0v) is 18.1. The maximum absolute atomic E-state index is 13.3. The molecule has 0 bridgehead atoms. The summed E-state index contributed by atoms with van der Waals surface area (Å²) in [6.45, 7) is 1.40. The van der Waals surface area contributed by atoms with Crippen molar-refractivity contribution >= 4 is 11.7 Å². The lowest BCUT2D eigenvalue weighted by Crippen LogP contribution is -2.30. The molecule has 0 saturated carbocycles. The Balaban J connectivity index is 1.57. The van der Waals surface area contributed by atoms with E-state index in [0.29, 0.717) is 12.1 Å². The molecule has 0 spiro atoms. The van der Waals surface area contributed by atoms with Crippen molar-refractivity contribution in [3.8, 4) is 11.1 Å². The fraction of sp³-hybridized carbons (Fsp3) is 0.320. The third-order valence-electron chi connectivity index (χ3n) is 5.66. The van der Waals surface area contributed by atoms with Gasteiger partial charge >= 0.3 is 0 Å². The molecule has 1 aliphatic rings. The summed E-state index contributed by atoms with van der Waals surface area (Å²) in [6, 6.07) is 19.8. The standard InChI is InChI=1S/C25H29N5O/c1-26-23-16-19(28-24(29-23)22-14-8-9-15-27-22)17-30(2)25(31)21-13-7-6-12-20(21)18-10-4-3-5-11-18/h3-7,10-13,16,22,27H,8-9,14-15,17H2,1-2H3,(H,26,28,29)/t22-/m0/s1. The van der Waals surface area contributed by atoms with Crippen LogP contribution in [0.3, 0.4) is 0 Å². The highest BCUT2D eigenvalue weighted by Gasteiger charge is 2.21. The first kappa shape index (κ1) is 21.0. The van der Waals surface area contributed by atoms with Gasteiger partial charge in [0.05, 0.1) is 18.3 Å². The minimum Gasteiger partial charge on any atom is -0.373 e. The number of nitrogens with one attached hydrogen (secondary N) is 2. The van der Waals surface area contributed by atoms with Crippen molar-refractivity contribution in [2.45, 2.75) is 31.8 Å². The molecule has 2 heterocycles. The average Bonchev–Trinajstić information content (AvgIpc) is 2.84. The molecular formula is C25H29N5O. The van der Waals surface area contributed by atoms with Gasteiger partial charge in [-0.3, -0.25) is 4.79 Å². The smallest absolute Gasteiger partial charge is 0.254 e. The van der Waals surface area contributed by atoms with Crippen LogP contribution in [0.15, 0.2) is 60.7 Å². The lowest BCUT2D eigenvalue weighted by Gasteiger charge is -2.24. The molecule has 160 valence electrons. The third-order valence-corrected chi connectivity index (χ3v) is 5.66. The SMILES string of the molecule is CNc1cc(CN(C)C(=O)c2ccccc2-c2ccccc2)nc([C@@H]2CCCCN2)n1. The summed E-state index contributed by atoms with van der Waals surface area (Å²) in [5.74, 6) is 1.55. The van der Waals surface area contributed by atoms with Gasteiger partial charge in [-0.15, -0.1) is 0 Å². The van der Waals surface area contributed by atoms with Crippen molar-refractivity contribution in [1.29, 1.82) is 0 Å². The first-order valence-electron chi connectivity index (χ1n) is 10.8. The van der Waals surface area contributed by atoms with Crippen LogP contribution in [-0.4, -0.2) is 41.4 Å². The van der Waals surface area contributed by atoms with Crippen LogP contribution in [0.4, 0.5) is 5.82 Å². The normalized spacial score (nSPS) is 16.0. The van der Waals surface area contributed by atoms with Crippen LogP contribution >= 0.6 is 0 Å². The van der Waals surface area contributed by atoms with Crippen molar-refractivity contribution in [3.05, 3.63) is 77.7 Å². The predicted octanol–water partition coefficient (Wildman–Crippen LogP) is 4.27. The topological polar surface area (TPSA) is 70.2 Å². The van der Waals surface area contributed by atoms with Gasteiger partial charge in [0.2, 0.25) is 0 Å². The molecule has 1 atom stereocenters. The van der Waals surface area contributed by atoms with Crippen LogP contribution in [0.1, 0.15) is 47.2 Å². The summed E-state index contributed by atoms with van der Waals surface area (Å²) >= 11 is 0. The van der Waals surface area contributed by atoms with Crippen LogP contribution < -0.4 is 10.6 Å². The molecule has 3 aromatic rings. The van der Waals surface area contributed by atoms with Gasteiger partial charge in [-0.1, -0.05) is 55.0 Å². The van der Waals surface area contributed by atoms with E-state index in [4.69, 9.17) is 4.98 Å². The van der Waals surface area contributed by atoms with E-state index in [1.807, 2.05) is 74.8 Å². The fourth-order valence-electron chi connectivity index (χ4n) is 4.01. The van der Waals surface area contributed by atoms with Crippen molar-refractivity contribution in [2.75, 3.05) is 26.0 Å². The average molecular weight is 416 g/mol. The van der Waals surface area contributed by atoms with Crippen LogP contribution in [0.5, 0.6) is 0 Å². The Bertz CT molecular complexity index is 1030. The summed E-state index contributed by atoms with van der Waals surface area (Å²) in [5, 5.41) is 6.64. The summed E-state index contributed by atoms with van der Waals surface area (Å²) in [7, 11) is 3.68. The first-order chi connectivity index (χ1) is 15.2. The lowest BCUT2D eigenvalue weighted by molar-refractivity contribution is 0.0784. The van der Waals surface area contributed by atoms with E-state index in [0.717, 1.165) is 41.4 Å². The van der Waals surface area contributed by atoms with Crippen molar-refractivity contribution in [1.82, 2.24) is 20.2 Å². The second-order valence-electron chi connectivity index (χ2n) is 7.93. The molecular weight excluding hydrogens is 386 g/mol. The van der Waals surface area contributed by atoms with Gasteiger partial charge in [0, 0.05) is 25.7 Å². The molecule has 0 aliphatic carbocycles. The number of rotatable bonds is 6. The van der Waals surface area contributed by atoms with Crippen LogP contribution in [-0.2, 0) is 6.54 Å². The second-order valence-corrected chi connectivity index (χ2v) is 7.93. The van der Waals surface area contributed by atoms with E-state index in [1.54, 1.807) is 4.90 Å². The number of amides is 1. The quantitative estimate of drug-likeness (QED) is 0.629. The Labute approximate surface area is 183 Å². The lowest BCUT2D eigenvalue weighted by atomic mass is 9.99. The number of piperidine rings is 1. The van der Waals surface area contributed by atoms with Gasteiger partial charge in [-0.2, -0.15) is 0 Å². The van der Waals surface area contributed by atoms with Crippen molar-refractivity contribution in [2.24, 2.45) is 0 Å². The van der Waals surface area contributed by atoms with Gasteiger partial charge in [0.1, 0.15) is 11.6 Å². The van der Waals surface area contributed by atoms with E-state index >= 15 is 0 Å². The predicted molar refractivity (Wildman–Crippen MR) is 124 cm³/mol. The number of nitrogens with zero attached hydrogens (tertiary/aromatic N) is 3. The molecule has 6 heteroatoms. The highest BCUT2D eigenvalue weighted by Crippen LogP contribution is 2.25. The monoisotopic (exact) mass is 415 g/mol. The van der Waals surface area contributed by atoms with E-state index in [1.165, 1.54) is 12.8 Å². The summed E-state index contributed by atoms with van der Waals surface area (Å²) in [4.78, 5) is 24.5. The molecule has 4 rings (SSSR count). The Kier molecular flexibility index (Phi) is 6.57. The molecule has 1 aromatic heterocycles. The number of benzene rings is 2. The number of carbonyl (C=O) groups excluding carboxylic acids is 1. The largest absolute Gasteiger partial charge is 0.373 e. The maximum atomic E-state index is 13.3. The maximum Gasteiger partial charge on any atom is 0.254 e. The molecule has 31 heavy (non-hydrogen) atoms. The van der Waals surface area contributed by atoms with Gasteiger partial charge in [0.25, 0.3) is 5.91 Å². The molecule has 6 nitrogen and oxygen atoms in total. The molecule has 2 aromatic carbocycles. The number of anilines is 1. The van der Waals surface area contributed by atoms with Crippen molar-refractivity contribution < 1.29 is 4.79 Å². The van der Waals surface area contributed by atoms with Crippen LogP contribution in [0.2, 0.25) is 0 Å². The highest BCUT2D eigenvalue weighted by atomic mass is 16.2. The van der Waals surface area contributed by atoms with Crippen LogP contribution in [0, 0.1) is 0 Å². The second kappa shape index (κ2) is 9.71. The summed E-state index contributed by atoms with van der Waals surface area (Å²) in [5.41, 5.74) is 3.48. The molecule has 0 radical (unpaired) electrons. The zero-order chi connectivity index (χ0) is 21.6. The zero-order valence-electron chi connectivity index (χ0n) is 18.1. The number of hydrogen-bond acceptors (Lipinski definition) is 5. The molecule has 1 saturated heterocycles.